The second-order valence-electron chi connectivity index (χ2n) is 7.85. The number of carbonyl (C=O) groups is 1. The van der Waals surface area contributed by atoms with Crippen LogP contribution in [0.3, 0.4) is 0 Å². The van der Waals surface area contributed by atoms with Gasteiger partial charge in [-0.2, -0.15) is 0 Å². The zero-order valence-corrected chi connectivity index (χ0v) is 19.2. The van der Waals surface area contributed by atoms with Gasteiger partial charge in [-0.25, -0.2) is 10.8 Å². The molecule has 0 saturated heterocycles. The van der Waals surface area contributed by atoms with Crippen LogP contribution in [0.4, 0.5) is 5.69 Å². The summed E-state index contributed by atoms with van der Waals surface area (Å²) in [6.07, 6.45) is 0. The number of aromatic nitrogens is 1. The molecule has 0 bridgehead atoms. The molecule has 168 valence electrons. The van der Waals surface area contributed by atoms with Crippen LogP contribution in [0.15, 0.2) is 63.8 Å². The molecule has 4 rings (SSSR count). The zero-order chi connectivity index (χ0) is 23.7. The average Bonchev–Trinajstić information content (AvgIpc) is 2.82. The van der Waals surface area contributed by atoms with Crippen molar-refractivity contribution in [3.05, 3.63) is 92.4 Å². The third-order valence-electron chi connectivity index (χ3n) is 5.47. The van der Waals surface area contributed by atoms with Gasteiger partial charge in [-0.3, -0.25) is 15.0 Å². The number of hydrogen-bond acceptors (Lipinski definition) is 6. The Labute approximate surface area is 195 Å². The molecule has 7 nitrogen and oxygen atoms in total. The summed E-state index contributed by atoms with van der Waals surface area (Å²) in [4.78, 5) is 29.5. The second kappa shape index (κ2) is 9.05. The lowest BCUT2D eigenvalue weighted by Gasteiger charge is -2.20. The van der Waals surface area contributed by atoms with Gasteiger partial charge in [0.15, 0.2) is 11.1 Å². The van der Waals surface area contributed by atoms with Crippen molar-refractivity contribution in [2.75, 3.05) is 5.32 Å². The number of hydrazine groups is 1. The van der Waals surface area contributed by atoms with Gasteiger partial charge in [-0.15, -0.1) is 0 Å². The topological polar surface area (TPSA) is 110 Å². The molecule has 33 heavy (non-hydrogen) atoms. The third kappa shape index (κ3) is 4.33. The third-order valence-corrected chi connectivity index (χ3v) is 5.68. The van der Waals surface area contributed by atoms with Crippen molar-refractivity contribution >= 4 is 34.2 Å². The minimum atomic E-state index is -0.574. The molecule has 2 aromatic carbocycles. The Bertz CT molecular complexity index is 1420. The van der Waals surface area contributed by atoms with Crippen molar-refractivity contribution in [2.45, 2.75) is 26.8 Å². The van der Waals surface area contributed by atoms with Crippen LogP contribution in [0.5, 0.6) is 0 Å². The van der Waals surface area contributed by atoms with Gasteiger partial charge in [0.25, 0.3) is 5.91 Å². The van der Waals surface area contributed by atoms with E-state index in [0.717, 1.165) is 16.7 Å². The molecule has 4 aromatic rings. The molecule has 8 heteroatoms. The number of fused-ring (bicyclic) bond motifs is 1. The van der Waals surface area contributed by atoms with E-state index in [1.165, 1.54) is 0 Å². The van der Waals surface area contributed by atoms with Gasteiger partial charge in [0.2, 0.25) is 0 Å². The number of anilines is 1. The van der Waals surface area contributed by atoms with Gasteiger partial charge in [-0.05, 0) is 44.5 Å². The lowest BCUT2D eigenvalue weighted by molar-refractivity contribution is 0.0949. The molecule has 0 spiro atoms. The van der Waals surface area contributed by atoms with E-state index in [2.05, 4.69) is 15.7 Å². The number of nitrogens with two attached hydrogens (primary N) is 1. The molecular formula is C25H23ClN4O3. The van der Waals surface area contributed by atoms with E-state index in [1.54, 1.807) is 19.1 Å². The highest BCUT2D eigenvalue weighted by molar-refractivity contribution is 6.29. The Kier molecular flexibility index (Phi) is 6.18. The fraction of sp³-hybridized carbons (Fsp3) is 0.160. The molecule has 2 heterocycles. The van der Waals surface area contributed by atoms with E-state index < -0.39 is 5.91 Å². The van der Waals surface area contributed by atoms with Crippen molar-refractivity contribution in [1.82, 2.24) is 10.4 Å². The maximum atomic E-state index is 13.3. The largest absolute Gasteiger partial charge is 0.455 e. The van der Waals surface area contributed by atoms with Crippen LogP contribution in [0.25, 0.3) is 22.3 Å². The SMILES string of the molecule is Cc1cc([C@@H](C)Nc2ccc(Cl)nc2C(=O)NN)c2oc(-c3ccccc3)c(C)c(=O)c2c1. The molecule has 4 N–H and O–H groups in total. The fourth-order valence-corrected chi connectivity index (χ4v) is 4.01. The molecule has 0 unspecified atom stereocenters. The van der Waals surface area contributed by atoms with E-state index in [9.17, 15) is 9.59 Å². The quantitative estimate of drug-likeness (QED) is 0.168. The van der Waals surface area contributed by atoms with E-state index in [1.807, 2.05) is 56.3 Å². The number of pyridine rings is 1. The summed E-state index contributed by atoms with van der Waals surface area (Å²) in [7, 11) is 0. The van der Waals surface area contributed by atoms with E-state index >= 15 is 0 Å². The van der Waals surface area contributed by atoms with Crippen LogP contribution in [0.1, 0.15) is 40.1 Å². The Balaban J connectivity index is 1.87. The highest BCUT2D eigenvalue weighted by atomic mass is 35.5. The van der Waals surface area contributed by atoms with Gasteiger partial charge < -0.3 is 9.73 Å². The van der Waals surface area contributed by atoms with Gasteiger partial charge in [0.1, 0.15) is 16.5 Å². The van der Waals surface area contributed by atoms with E-state index in [4.69, 9.17) is 21.9 Å². The van der Waals surface area contributed by atoms with Crippen LogP contribution in [0, 0.1) is 13.8 Å². The average molecular weight is 463 g/mol. The standard InChI is InChI=1S/C25H23ClN4O3/c1-13-11-17(15(3)28-19-9-10-20(26)29-21(19)25(32)30-27)24-18(12-13)22(31)14(2)23(33-24)16-7-5-4-6-8-16/h4-12,15,28H,27H2,1-3H3,(H,30,32)/t15-/m1/s1. The number of halogens is 1. The molecule has 0 radical (unpaired) electrons. The van der Waals surface area contributed by atoms with Crippen molar-refractivity contribution in [2.24, 2.45) is 5.84 Å². The number of nitrogen functional groups attached to an aromatic ring is 1. The zero-order valence-electron chi connectivity index (χ0n) is 18.4. The van der Waals surface area contributed by atoms with Gasteiger partial charge in [-0.1, -0.05) is 48.0 Å². The normalized spacial score (nSPS) is 11.9. The second-order valence-corrected chi connectivity index (χ2v) is 8.24. The lowest BCUT2D eigenvalue weighted by Crippen LogP contribution is -2.31. The molecule has 0 aliphatic heterocycles. The molecule has 1 amide bonds. The van der Waals surface area contributed by atoms with Crippen LogP contribution in [-0.2, 0) is 0 Å². The lowest BCUT2D eigenvalue weighted by atomic mass is 9.98. The predicted octanol–water partition coefficient (Wildman–Crippen LogP) is 4.90. The summed E-state index contributed by atoms with van der Waals surface area (Å²) in [5.74, 6) is 5.26. The first-order chi connectivity index (χ1) is 15.8. The Morgan fingerprint density at radius 2 is 1.85 bits per heavy atom. The van der Waals surface area contributed by atoms with Crippen LogP contribution < -0.4 is 22.0 Å². The monoisotopic (exact) mass is 462 g/mol. The van der Waals surface area contributed by atoms with Gasteiger partial charge in [0.05, 0.1) is 17.1 Å². The summed E-state index contributed by atoms with van der Waals surface area (Å²) in [6, 6.07) is 16.2. The van der Waals surface area contributed by atoms with Crippen molar-refractivity contribution in [1.29, 1.82) is 0 Å². The molecule has 0 aliphatic carbocycles. The van der Waals surface area contributed by atoms with Gasteiger partial charge in [0, 0.05) is 16.7 Å². The summed E-state index contributed by atoms with van der Waals surface area (Å²) in [5, 5.41) is 3.96. The van der Waals surface area contributed by atoms with Crippen molar-refractivity contribution in [3.8, 4) is 11.3 Å². The summed E-state index contributed by atoms with van der Waals surface area (Å²) < 4.78 is 6.35. The van der Waals surface area contributed by atoms with Crippen LogP contribution >= 0.6 is 11.6 Å². The molecular weight excluding hydrogens is 440 g/mol. The molecule has 1 atom stereocenters. The number of hydrogen-bond donors (Lipinski definition) is 3. The minimum Gasteiger partial charge on any atom is -0.455 e. The first-order valence-electron chi connectivity index (χ1n) is 10.4. The summed E-state index contributed by atoms with van der Waals surface area (Å²) >= 11 is 5.97. The highest BCUT2D eigenvalue weighted by Gasteiger charge is 2.21. The molecule has 0 aliphatic rings. The Hall–Kier alpha value is -3.68. The number of rotatable bonds is 5. The molecule has 2 aromatic heterocycles. The number of carbonyl (C=O) groups excluding carboxylic acids is 1. The Morgan fingerprint density at radius 3 is 2.55 bits per heavy atom. The van der Waals surface area contributed by atoms with E-state index in [-0.39, 0.29) is 22.3 Å². The first-order valence-corrected chi connectivity index (χ1v) is 10.8. The molecule has 0 saturated carbocycles. The van der Waals surface area contributed by atoms with Crippen LogP contribution in [0.2, 0.25) is 5.15 Å². The fourth-order valence-electron chi connectivity index (χ4n) is 3.86. The smallest absolute Gasteiger partial charge is 0.285 e. The number of amides is 1. The van der Waals surface area contributed by atoms with E-state index in [0.29, 0.717) is 28.0 Å². The summed E-state index contributed by atoms with van der Waals surface area (Å²) in [6.45, 7) is 5.61. The minimum absolute atomic E-state index is 0.0658. The Morgan fingerprint density at radius 1 is 1.12 bits per heavy atom. The van der Waals surface area contributed by atoms with Crippen LogP contribution in [-0.4, -0.2) is 10.9 Å². The highest BCUT2D eigenvalue weighted by Crippen LogP contribution is 2.32. The number of aryl methyl sites for hydroxylation is 1. The number of nitrogens with zero attached hydrogens (tertiary/aromatic N) is 1. The van der Waals surface area contributed by atoms with Gasteiger partial charge >= 0.3 is 0 Å². The first kappa shape index (κ1) is 22.5. The summed E-state index contributed by atoms with van der Waals surface area (Å²) in [5.41, 5.74) is 6.06. The number of benzene rings is 2. The number of nitrogens with one attached hydrogen (secondary N) is 2. The molecule has 0 fully saturated rings. The maximum absolute atomic E-state index is 13.3. The maximum Gasteiger partial charge on any atom is 0.285 e. The van der Waals surface area contributed by atoms with Crippen molar-refractivity contribution < 1.29 is 9.21 Å². The van der Waals surface area contributed by atoms with Crippen molar-refractivity contribution in [3.63, 3.8) is 0 Å². The predicted molar refractivity (Wildman–Crippen MR) is 130 cm³/mol.